The number of benzene rings is 2. The molecule has 0 atom stereocenters. The zero-order valence-electron chi connectivity index (χ0n) is 14.1. The first-order valence-electron chi connectivity index (χ1n) is 8.63. The fourth-order valence-electron chi connectivity index (χ4n) is 3.66. The summed E-state index contributed by atoms with van der Waals surface area (Å²) in [6, 6.07) is 23.7. The second kappa shape index (κ2) is 5.81. The molecular formula is C23H16N2O. The average molecular weight is 336 g/mol. The zero-order valence-corrected chi connectivity index (χ0v) is 14.1. The van der Waals surface area contributed by atoms with Crippen LogP contribution in [-0.4, -0.2) is 15.1 Å². The van der Waals surface area contributed by atoms with Gasteiger partial charge in [0.2, 0.25) is 0 Å². The lowest BCUT2D eigenvalue weighted by Crippen LogP contribution is -1.95. The van der Waals surface area contributed by atoms with Crippen molar-refractivity contribution in [2.75, 3.05) is 0 Å². The molecule has 2 aromatic heterocycles. The van der Waals surface area contributed by atoms with Gasteiger partial charge in [-0.05, 0) is 41.0 Å². The number of rotatable bonds is 2. The molecule has 0 radical (unpaired) electrons. The molecule has 4 aromatic rings. The van der Waals surface area contributed by atoms with Crippen LogP contribution < -0.4 is 0 Å². The predicted octanol–water partition coefficient (Wildman–Crippen LogP) is 5.09. The van der Waals surface area contributed by atoms with E-state index in [0.29, 0.717) is 0 Å². The van der Waals surface area contributed by atoms with Crippen LogP contribution >= 0.6 is 0 Å². The molecule has 0 saturated carbocycles. The van der Waals surface area contributed by atoms with Gasteiger partial charge in [0.15, 0.2) is 0 Å². The number of hydrogen-bond acceptors (Lipinski definition) is 3. The molecule has 0 saturated heterocycles. The summed E-state index contributed by atoms with van der Waals surface area (Å²) in [5, 5.41) is 10.4. The summed E-state index contributed by atoms with van der Waals surface area (Å²) in [7, 11) is 0. The molecule has 124 valence electrons. The third kappa shape index (κ3) is 2.29. The van der Waals surface area contributed by atoms with E-state index in [1.807, 2.05) is 48.5 Å². The molecule has 2 heterocycles. The quantitative estimate of drug-likeness (QED) is 0.488. The van der Waals surface area contributed by atoms with Crippen molar-refractivity contribution in [1.29, 1.82) is 0 Å². The number of phenols is 1. The summed E-state index contributed by atoms with van der Waals surface area (Å²) in [5.41, 5.74) is 8.08. The summed E-state index contributed by atoms with van der Waals surface area (Å²) >= 11 is 0. The van der Waals surface area contributed by atoms with Gasteiger partial charge in [-0.2, -0.15) is 0 Å². The first-order valence-corrected chi connectivity index (χ1v) is 8.63. The van der Waals surface area contributed by atoms with Gasteiger partial charge >= 0.3 is 0 Å². The maximum atomic E-state index is 10.4. The van der Waals surface area contributed by atoms with E-state index in [0.717, 1.165) is 45.8 Å². The SMILES string of the molecule is Oc1ccccc1-c1cc(-c2ccccn2)nc2c1Cc1ccccc1-2. The Morgan fingerprint density at radius 3 is 2.31 bits per heavy atom. The van der Waals surface area contributed by atoms with Crippen molar-refractivity contribution in [3.8, 4) is 39.5 Å². The lowest BCUT2D eigenvalue weighted by atomic mass is 9.96. The second-order valence-corrected chi connectivity index (χ2v) is 6.45. The van der Waals surface area contributed by atoms with Crippen LogP contribution in [0, 0.1) is 0 Å². The number of pyridine rings is 2. The number of hydrogen-bond donors (Lipinski definition) is 1. The van der Waals surface area contributed by atoms with Crippen molar-refractivity contribution in [2.45, 2.75) is 6.42 Å². The van der Waals surface area contributed by atoms with Crippen LogP contribution in [0.25, 0.3) is 33.8 Å². The van der Waals surface area contributed by atoms with Crippen LogP contribution in [0.4, 0.5) is 0 Å². The van der Waals surface area contributed by atoms with E-state index in [4.69, 9.17) is 4.98 Å². The maximum Gasteiger partial charge on any atom is 0.123 e. The molecular weight excluding hydrogens is 320 g/mol. The Balaban J connectivity index is 1.82. The molecule has 0 amide bonds. The van der Waals surface area contributed by atoms with Crippen LogP contribution in [0.1, 0.15) is 11.1 Å². The summed E-state index contributed by atoms with van der Waals surface area (Å²) in [5.74, 6) is 0.281. The highest BCUT2D eigenvalue weighted by atomic mass is 16.3. The van der Waals surface area contributed by atoms with Gasteiger partial charge in [-0.3, -0.25) is 4.98 Å². The molecule has 1 aliphatic carbocycles. The van der Waals surface area contributed by atoms with Gasteiger partial charge in [-0.15, -0.1) is 0 Å². The molecule has 0 bridgehead atoms. The minimum atomic E-state index is 0.281. The minimum Gasteiger partial charge on any atom is -0.507 e. The number of phenolic OH excluding ortho intramolecular Hbond substituents is 1. The van der Waals surface area contributed by atoms with E-state index in [1.54, 1.807) is 12.3 Å². The molecule has 0 fully saturated rings. The molecule has 0 spiro atoms. The number of fused-ring (bicyclic) bond motifs is 3. The van der Waals surface area contributed by atoms with Crippen molar-refractivity contribution in [1.82, 2.24) is 9.97 Å². The third-order valence-corrected chi connectivity index (χ3v) is 4.89. The molecule has 3 heteroatoms. The largest absolute Gasteiger partial charge is 0.507 e. The minimum absolute atomic E-state index is 0.281. The topological polar surface area (TPSA) is 46.0 Å². The van der Waals surface area contributed by atoms with Crippen LogP contribution in [0.5, 0.6) is 5.75 Å². The van der Waals surface area contributed by atoms with Gasteiger partial charge < -0.3 is 5.11 Å². The van der Waals surface area contributed by atoms with Gasteiger partial charge in [0.25, 0.3) is 0 Å². The van der Waals surface area contributed by atoms with Crippen molar-refractivity contribution < 1.29 is 5.11 Å². The summed E-state index contributed by atoms with van der Waals surface area (Å²) < 4.78 is 0. The number of aromatic nitrogens is 2. The van der Waals surface area contributed by atoms with E-state index in [-0.39, 0.29) is 5.75 Å². The Morgan fingerprint density at radius 2 is 1.50 bits per heavy atom. The fraction of sp³-hybridized carbons (Fsp3) is 0.0435. The van der Waals surface area contributed by atoms with Crippen molar-refractivity contribution in [3.05, 3.63) is 90.1 Å². The van der Waals surface area contributed by atoms with E-state index in [9.17, 15) is 5.11 Å². The second-order valence-electron chi connectivity index (χ2n) is 6.45. The Labute approximate surface area is 151 Å². The van der Waals surface area contributed by atoms with E-state index < -0.39 is 0 Å². The molecule has 26 heavy (non-hydrogen) atoms. The van der Waals surface area contributed by atoms with E-state index >= 15 is 0 Å². The number of aromatic hydroxyl groups is 1. The number of para-hydroxylation sites is 1. The van der Waals surface area contributed by atoms with Crippen LogP contribution in [0.15, 0.2) is 79.0 Å². The fourth-order valence-corrected chi connectivity index (χ4v) is 3.66. The normalized spacial score (nSPS) is 11.8. The van der Waals surface area contributed by atoms with Crippen molar-refractivity contribution >= 4 is 0 Å². The Bertz CT molecular complexity index is 1120. The van der Waals surface area contributed by atoms with Gasteiger partial charge in [0, 0.05) is 23.7 Å². The van der Waals surface area contributed by atoms with Gasteiger partial charge in [-0.1, -0.05) is 48.5 Å². The lowest BCUT2D eigenvalue weighted by Gasteiger charge is -2.13. The molecule has 0 unspecified atom stereocenters. The first kappa shape index (κ1) is 14.8. The molecule has 5 rings (SSSR count). The molecule has 2 aromatic carbocycles. The third-order valence-electron chi connectivity index (χ3n) is 4.89. The summed E-state index contributed by atoms with van der Waals surface area (Å²) in [4.78, 5) is 9.40. The van der Waals surface area contributed by atoms with Crippen LogP contribution in [0.3, 0.4) is 0 Å². The molecule has 1 N–H and O–H groups in total. The smallest absolute Gasteiger partial charge is 0.123 e. The van der Waals surface area contributed by atoms with E-state index in [2.05, 4.69) is 23.2 Å². The van der Waals surface area contributed by atoms with Gasteiger partial charge in [-0.25, -0.2) is 4.98 Å². The van der Waals surface area contributed by atoms with Crippen molar-refractivity contribution in [3.63, 3.8) is 0 Å². The molecule has 1 aliphatic rings. The standard InChI is InChI=1S/C23H16N2O/c26-22-11-4-3-9-17(22)18-14-21(20-10-5-6-12-24-20)25-23-16-8-2-1-7-15(16)13-19(18)23/h1-12,14,26H,13H2. The molecule has 3 nitrogen and oxygen atoms in total. The highest BCUT2D eigenvalue weighted by Gasteiger charge is 2.25. The Morgan fingerprint density at radius 1 is 0.731 bits per heavy atom. The van der Waals surface area contributed by atoms with Gasteiger partial charge in [0.1, 0.15) is 5.75 Å². The first-order chi connectivity index (χ1) is 12.8. The van der Waals surface area contributed by atoms with Crippen molar-refractivity contribution in [2.24, 2.45) is 0 Å². The van der Waals surface area contributed by atoms with Crippen LogP contribution in [0.2, 0.25) is 0 Å². The van der Waals surface area contributed by atoms with E-state index in [1.165, 1.54) is 5.56 Å². The number of nitrogens with zero attached hydrogens (tertiary/aromatic N) is 2. The lowest BCUT2D eigenvalue weighted by molar-refractivity contribution is 0.477. The van der Waals surface area contributed by atoms with Gasteiger partial charge in [0.05, 0.1) is 17.1 Å². The zero-order chi connectivity index (χ0) is 17.5. The Kier molecular flexibility index (Phi) is 3.32. The highest BCUT2D eigenvalue weighted by molar-refractivity contribution is 5.86. The van der Waals surface area contributed by atoms with Crippen LogP contribution in [-0.2, 0) is 6.42 Å². The molecule has 0 aliphatic heterocycles. The average Bonchev–Trinajstić information content (AvgIpc) is 3.07. The highest BCUT2D eigenvalue weighted by Crippen LogP contribution is 2.43. The summed E-state index contributed by atoms with van der Waals surface area (Å²) in [6.45, 7) is 0. The Hall–Kier alpha value is -3.46. The predicted molar refractivity (Wildman–Crippen MR) is 103 cm³/mol. The monoisotopic (exact) mass is 336 g/mol. The summed E-state index contributed by atoms with van der Waals surface area (Å²) in [6.07, 6.45) is 2.60. The maximum absolute atomic E-state index is 10.4.